The molecule has 1 aromatic carbocycles. The first-order valence-electron chi connectivity index (χ1n) is 9.02. The van der Waals surface area contributed by atoms with Crippen molar-refractivity contribution in [3.8, 4) is 5.69 Å². The van der Waals surface area contributed by atoms with Crippen LogP contribution in [0.2, 0.25) is 0 Å². The molecule has 0 aliphatic rings. The van der Waals surface area contributed by atoms with Crippen LogP contribution < -0.4 is 4.72 Å². The van der Waals surface area contributed by atoms with E-state index in [1.165, 1.54) is 29.2 Å². The summed E-state index contributed by atoms with van der Waals surface area (Å²) in [7, 11) is -3.98. The second kappa shape index (κ2) is 7.15. The van der Waals surface area contributed by atoms with E-state index < -0.39 is 27.3 Å². The molecular weight excluding hydrogens is 419 g/mol. The number of halogens is 3. The number of hydrogen-bond acceptors (Lipinski definition) is 4. The zero-order chi connectivity index (χ0) is 22.5. The molecule has 1 N–H and O–H groups in total. The van der Waals surface area contributed by atoms with Gasteiger partial charge in [0.05, 0.1) is 46.3 Å². The molecule has 0 radical (unpaired) electrons. The van der Waals surface area contributed by atoms with E-state index in [2.05, 4.69) is 14.9 Å². The Hall–Kier alpha value is -2.82. The molecule has 0 fully saturated rings. The summed E-state index contributed by atoms with van der Waals surface area (Å²) in [5.74, 6) is 0. The van der Waals surface area contributed by atoms with Crippen molar-refractivity contribution >= 4 is 15.7 Å². The molecule has 11 heteroatoms. The van der Waals surface area contributed by atoms with Gasteiger partial charge in [-0.2, -0.15) is 23.4 Å². The van der Waals surface area contributed by atoms with Crippen molar-refractivity contribution in [2.75, 3.05) is 4.72 Å². The number of hydrogen-bond donors (Lipinski definition) is 1. The maximum absolute atomic E-state index is 13.0. The molecule has 3 rings (SSSR count). The van der Waals surface area contributed by atoms with Gasteiger partial charge in [-0.05, 0) is 52.8 Å². The fourth-order valence-electron chi connectivity index (χ4n) is 3.22. The number of aromatic nitrogens is 4. The highest BCUT2D eigenvalue weighted by atomic mass is 32.2. The van der Waals surface area contributed by atoms with Crippen LogP contribution in [-0.2, 0) is 21.7 Å². The predicted molar refractivity (Wildman–Crippen MR) is 106 cm³/mol. The number of nitrogens with one attached hydrogen (secondary N) is 1. The normalized spacial score (nSPS) is 12.9. The van der Waals surface area contributed by atoms with Crippen LogP contribution in [-0.4, -0.2) is 28.0 Å². The third-order valence-electron chi connectivity index (χ3n) is 4.40. The minimum absolute atomic E-state index is 0.0595. The van der Waals surface area contributed by atoms with Crippen molar-refractivity contribution < 1.29 is 21.6 Å². The van der Waals surface area contributed by atoms with Crippen molar-refractivity contribution in [3.63, 3.8) is 0 Å². The number of sulfonamides is 1. The van der Waals surface area contributed by atoms with Crippen molar-refractivity contribution in [1.29, 1.82) is 0 Å². The van der Waals surface area contributed by atoms with Gasteiger partial charge in [-0.25, -0.2) is 13.1 Å². The van der Waals surface area contributed by atoms with E-state index in [1.807, 2.05) is 20.8 Å². The molecule has 0 bridgehead atoms. The van der Waals surface area contributed by atoms with Crippen LogP contribution in [0, 0.1) is 13.8 Å². The first-order chi connectivity index (χ1) is 13.7. The lowest BCUT2D eigenvalue weighted by Gasteiger charge is -2.21. The fraction of sp³-hybridized carbons (Fsp3) is 0.368. The lowest BCUT2D eigenvalue weighted by Crippen LogP contribution is -2.25. The second-order valence-corrected chi connectivity index (χ2v) is 9.53. The van der Waals surface area contributed by atoms with Crippen LogP contribution in [0.15, 0.2) is 41.6 Å². The monoisotopic (exact) mass is 441 g/mol. The van der Waals surface area contributed by atoms with E-state index in [1.54, 1.807) is 18.5 Å². The van der Waals surface area contributed by atoms with E-state index in [-0.39, 0.29) is 16.3 Å². The minimum atomic E-state index is -4.49. The van der Waals surface area contributed by atoms with Crippen LogP contribution in [0.25, 0.3) is 5.69 Å². The van der Waals surface area contributed by atoms with E-state index in [0.717, 1.165) is 12.1 Å². The highest BCUT2D eigenvalue weighted by Crippen LogP contribution is 2.31. The van der Waals surface area contributed by atoms with Gasteiger partial charge in [0.1, 0.15) is 4.90 Å². The fourth-order valence-corrected chi connectivity index (χ4v) is 4.64. The Morgan fingerprint density at radius 2 is 1.77 bits per heavy atom. The average Bonchev–Trinajstić information content (AvgIpc) is 3.17. The van der Waals surface area contributed by atoms with E-state index in [4.69, 9.17) is 0 Å². The molecule has 2 aromatic heterocycles. The Morgan fingerprint density at radius 1 is 1.10 bits per heavy atom. The Labute approximate surface area is 172 Å². The quantitative estimate of drug-likeness (QED) is 0.656. The lowest BCUT2D eigenvalue weighted by molar-refractivity contribution is -0.137. The molecule has 3 aromatic rings. The third kappa shape index (κ3) is 4.20. The van der Waals surface area contributed by atoms with Gasteiger partial charge in [0.15, 0.2) is 0 Å². The summed E-state index contributed by atoms with van der Waals surface area (Å²) >= 11 is 0. The van der Waals surface area contributed by atoms with E-state index in [0.29, 0.717) is 11.4 Å². The summed E-state index contributed by atoms with van der Waals surface area (Å²) < 4.78 is 70.0. The third-order valence-corrected chi connectivity index (χ3v) is 6.03. The van der Waals surface area contributed by atoms with Crippen molar-refractivity contribution in [3.05, 3.63) is 53.6 Å². The molecule has 7 nitrogen and oxygen atoms in total. The summed E-state index contributed by atoms with van der Waals surface area (Å²) in [4.78, 5) is 0.0595. The summed E-state index contributed by atoms with van der Waals surface area (Å²) in [6, 6.07) is 4.60. The number of aryl methyl sites for hydroxylation is 1. The van der Waals surface area contributed by atoms with Gasteiger partial charge in [-0.3, -0.25) is 9.40 Å². The largest absolute Gasteiger partial charge is 0.416 e. The molecule has 0 aliphatic heterocycles. The highest BCUT2D eigenvalue weighted by molar-refractivity contribution is 7.92. The smallest absolute Gasteiger partial charge is 0.276 e. The average molecular weight is 441 g/mol. The van der Waals surface area contributed by atoms with Gasteiger partial charge in [0, 0.05) is 0 Å². The number of nitrogens with zero attached hydrogens (tertiary/aromatic N) is 4. The standard InChI is InChI=1S/C19H22F3N5O2S/c1-12-17(13(2)27(24-12)18(3,4)5)30(28,29)25-15-10-23-26(11-15)16-8-6-7-14(9-16)19(20,21)22/h6-11,25H,1-5H3. The Balaban J connectivity index is 1.92. The number of rotatable bonds is 4. The van der Waals surface area contributed by atoms with Gasteiger partial charge in [0.25, 0.3) is 10.0 Å². The van der Waals surface area contributed by atoms with Gasteiger partial charge in [-0.1, -0.05) is 6.07 Å². The highest BCUT2D eigenvalue weighted by Gasteiger charge is 2.31. The molecule has 0 aliphatic carbocycles. The Kier molecular flexibility index (Phi) is 5.21. The van der Waals surface area contributed by atoms with Crippen molar-refractivity contribution in [1.82, 2.24) is 19.6 Å². The molecule has 0 spiro atoms. The molecule has 0 atom stereocenters. The maximum Gasteiger partial charge on any atom is 0.416 e. The minimum Gasteiger partial charge on any atom is -0.276 e. The van der Waals surface area contributed by atoms with Gasteiger partial charge >= 0.3 is 6.18 Å². The molecule has 0 unspecified atom stereocenters. The number of anilines is 1. The summed E-state index contributed by atoms with van der Waals surface area (Å²) in [6.07, 6.45) is -1.95. The molecule has 2 heterocycles. The van der Waals surface area contributed by atoms with Crippen LogP contribution >= 0.6 is 0 Å². The molecule has 0 amide bonds. The van der Waals surface area contributed by atoms with E-state index in [9.17, 15) is 21.6 Å². The predicted octanol–water partition coefficient (Wildman–Crippen LogP) is 4.26. The first kappa shape index (κ1) is 21.9. The van der Waals surface area contributed by atoms with E-state index >= 15 is 0 Å². The first-order valence-corrected chi connectivity index (χ1v) is 10.5. The van der Waals surface area contributed by atoms with Crippen LogP contribution in [0.5, 0.6) is 0 Å². The summed E-state index contributed by atoms with van der Waals surface area (Å²) in [6.45, 7) is 9.02. The second-order valence-electron chi connectivity index (χ2n) is 7.91. The Bertz CT molecular complexity index is 1190. The Morgan fingerprint density at radius 3 is 2.33 bits per heavy atom. The maximum atomic E-state index is 13.0. The van der Waals surface area contributed by atoms with Crippen LogP contribution in [0.3, 0.4) is 0 Å². The molecule has 162 valence electrons. The lowest BCUT2D eigenvalue weighted by atomic mass is 10.1. The number of benzene rings is 1. The number of alkyl halides is 3. The zero-order valence-electron chi connectivity index (χ0n) is 17.1. The summed E-state index contributed by atoms with van der Waals surface area (Å²) in [5.41, 5.74) is -0.119. The molecule has 30 heavy (non-hydrogen) atoms. The van der Waals surface area contributed by atoms with Crippen LogP contribution in [0.1, 0.15) is 37.7 Å². The van der Waals surface area contributed by atoms with Crippen molar-refractivity contribution in [2.45, 2.75) is 51.2 Å². The zero-order valence-corrected chi connectivity index (χ0v) is 17.9. The van der Waals surface area contributed by atoms with Crippen molar-refractivity contribution in [2.24, 2.45) is 0 Å². The molecule has 0 saturated heterocycles. The molecular formula is C19H22F3N5O2S. The van der Waals surface area contributed by atoms with Crippen LogP contribution in [0.4, 0.5) is 18.9 Å². The SMILES string of the molecule is Cc1nn(C(C)(C)C)c(C)c1S(=O)(=O)Nc1cnn(-c2cccc(C(F)(F)F)c2)c1. The molecule has 0 saturated carbocycles. The summed E-state index contributed by atoms with van der Waals surface area (Å²) in [5, 5.41) is 8.32. The topological polar surface area (TPSA) is 81.8 Å². The van der Waals surface area contributed by atoms with Gasteiger partial charge < -0.3 is 0 Å². The van der Waals surface area contributed by atoms with Gasteiger partial charge in [-0.15, -0.1) is 0 Å². The van der Waals surface area contributed by atoms with Gasteiger partial charge in [0.2, 0.25) is 0 Å².